The number of hydrogen-bond donors (Lipinski definition) is 1. The molecule has 1 N–H and O–H groups in total. The van der Waals surface area contributed by atoms with Crippen LogP contribution >= 0.6 is 11.6 Å². The standard InChI is InChI=1S/C19H16ClNO5/c1-25-18(23)13-7-8-15(19(24)26-2)16(11-13)21-17(22)9-6-12-4-3-5-14(20)10-12/h3-11H,1-2H3,(H,21,22)/b9-6+. The monoisotopic (exact) mass is 373 g/mol. The lowest BCUT2D eigenvalue weighted by Crippen LogP contribution is -2.14. The molecule has 2 aromatic carbocycles. The minimum absolute atomic E-state index is 0.115. The second-order valence-electron chi connectivity index (χ2n) is 5.12. The number of benzene rings is 2. The van der Waals surface area contributed by atoms with Gasteiger partial charge in [-0.25, -0.2) is 9.59 Å². The summed E-state index contributed by atoms with van der Waals surface area (Å²) in [6.45, 7) is 0. The maximum atomic E-state index is 12.2. The fourth-order valence-electron chi connectivity index (χ4n) is 2.14. The Hall–Kier alpha value is -3.12. The first-order chi connectivity index (χ1) is 12.4. The summed E-state index contributed by atoms with van der Waals surface area (Å²) < 4.78 is 9.33. The van der Waals surface area contributed by atoms with Gasteiger partial charge in [-0.05, 0) is 42.0 Å². The molecular weight excluding hydrogens is 358 g/mol. The van der Waals surface area contributed by atoms with Crippen LogP contribution < -0.4 is 5.32 Å². The van der Waals surface area contributed by atoms with Crippen LogP contribution in [0.25, 0.3) is 6.08 Å². The van der Waals surface area contributed by atoms with E-state index in [0.717, 1.165) is 5.56 Å². The number of carbonyl (C=O) groups is 3. The number of ether oxygens (including phenoxy) is 2. The molecule has 0 aliphatic rings. The molecule has 0 saturated heterocycles. The summed E-state index contributed by atoms with van der Waals surface area (Å²) >= 11 is 5.89. The van der Waals surface area contributed by atoms with Crippen LogP contribution in [0, 0.1) is 0 Å². The van der Waals surface area contributed by atoms with Gasteiger partial charge >= 0.3 is 11.9 Å². The van der Waals surface area contributed by atoms with Crippen LogP contribution in [0.4, 0.5) is 5.69 Å². The van der Waals surface area contributed by atoms with Gasteiger partial charge < -0.3 is 14.8 Å². The number of hydrogen-bond acceptors (Lipinski definition) is 5. The van der Waals surface area contributed by atoms with Crippen LogP contribution in [0.2, 0.25) is 5.02 Å². The van der Waals surface area contributed by atoms with Gasteiger partial charge in [-0.15, -0.1) is 0 Å². The van der Waals surface area contributed by atoms with Crippen molar-refractivity contribution < 1.29 is 23.9 Å². The largest absolute Gasteiger partial charge is 0.465 e. The van der Waals surface area contributed by atoms with Gasteiger partial charge in [0.25, 0.3) is 0 Å². The molecule has 2 aromatic rings. The number of rotatable bonds is 5. The number of esters is 2. The molecule has 134 valence electrons. The van der Waals surface area contributed by atoms with Crippen molar-refractivity contribution in [3.05, 3.63) is 70.3 Å². The van der Waals surface area contributed by atoms with Gasteiger partial charge in [0.05, 0.1) is 31.0 Å². The molecule has 0 spiro atoms. The molecule has 7 heteroatoms. The molecular formula is C19H16ClNO5. The van der Waals surface area contributed by atoms with Crippen molar-refractivity contribution in [3.8, 4) is 0 Å². The minimum Gasteiger partial charge on any atom is -0.465 e. The van der Waals surface area contributed by atoms with E-state index in [-0.39, 0.29) is 16.8 Å². The zero-order chi connectivity index (χ0) is 19.1. The van der Waals surface area contributed by atoms with Crippen molar-refractivity contribution >= 4 is 41.2 Å². The predicted octanol–water partition coefficient (Wildman–Crippen LogP) is 3.57. The molecule has 0 aliphatic heterocycles. The maximum Gasteiger partial charge on any atom is 0.339 e. The molecule has 6 nitrogen and oxygen atoms in total. The highest BCUT2D eigenvalue weighted by Crippen LogP contribution is 2.20. The lowest BCUT2D eigenvalue weighted by molar-refractivity contribution is -0.111. The topological polar surface area (TPSA) is 81.7 Å². The lowest BCUT2D eigenvalue weighted by atomic mass is 10.1. The minimum atomic E-state index is -0.643. The Morgan fingerprint density at radius 2 is 1.73 bits per heavy atom. The number of anilines is 1. The molecule has 2 rings (SSSR count). The highest BCUT2D eigenvalue weighted by molar-refractivity contribution is 6.30. The van der Waals surface area contributed by atoms with Gasteiger partial charge in [0.15, 0.2) is 0 Å². The molecule has 1 amide bonds. The lowest BCUT2D eigenvalue weighted by Gasteiger charge is -2.10. The first-order valence-electron chi connectivity index (χ1n) is 7.50. The van der Waals surface area contributed by atoms with E-state index in [9.17, 15) is 14.4 Å². The van der Waals surface area contributed by atoms with Gasteiger partial charge in [0.2, 0.25) is 5.91 Å². The third-order valence-corrected chi connectivity index (χ3v) is 3.61. The highest BCUT2D eigenvalue weighted by atomic mass is 35.5. The number of halogens is 1. The third kappa shape index (κ3) is 4.94. The van der Waals surface area contributed by atoms with Crippen LogP contribution in [-0.2, 0) is 14.3 Å². The van der Waals surface area contributed by atoms with Crippen LogP contribution in [0.3, 0.4) is 0 Å². The molecule has 0 saturated carbocycles. The van der Waals surface area contributed by atoms with E-state index in [1.165, 1.54) is 38.5 Å². The summed E-state index contributed by atoms with van der Waals surface area (Å²) in [6, 6.07) is 11.1. The Bertz CT molecular complexity index is 876. The molecule has 0 aromatic heterocycles. The summed E-state index contributed by atoms with van der Waals surface area (Å²) in [6.07, 6.45) is 2.86. The summed E-state index contributed by atoms with van der Waals surface area (Å²) in [4.78, 5) is 35.7. The fourth-order valence-corrected chi connectivity index (χ4v) is 2.34. The number of nitrogens with one attached hydrogen (secondary N) is 1. The van der Waals surface area contributed by atoms with Gasteiger partial charge in [0.1, 0.15) is 0 Å². The normalized spacial score (nSPS) is 10.4. The molecule has 26 heavy (non-hydrogen) atoms. The van der Waals surface area contributed by atoms with Crippen LogP contribution in [-0.4, -0.2) is 32.1 Å². The molecule has 0 bridgehead atoms. The highest BCUT2D eigenvalue weighted by Gasteiger charge is 2.16. The van der Waals surface area contributed by atoms with E-state index in [1.807, 2.05) is 0 Å². The maximum absolute atomic E-state index is 12.2. The van der Waals surface area contributed by atoms with Crippen LogP contribution in [0.1, 0.15) is 26.3 Å². The van der Waals surface area contributed by atoms with E-state index in [1.54, 1.807) is 30.3 Å². The van der Waals surface area contributed by atoms with E-state index in [2.05, 4.69) is 14.8 Å². The Morgan fingerprint density at radius 1 is 1.00 bits per heavy atom. The van der Waals surface area contributed by atoms with Crippen molar-refractivity contribution in [1.82, 2.24) is 0 Å². The molecule has 0 atom stereocenters. The SMILES string of the molecule is COC(=O)c1ccc(C(=O)OC)c(NC(=O)/C=C/c2cccc(Cl)c2)c1. The third-order valence-electron chi connectivity index (χ3n) is 3.38. The van der Waals surface area contributed by atoms with Crippen LogP contribution in [0.5, 0.6) is 0 Å². The van der Waals surface area contributed by atoms with Crippen molar-refractivity contribution in [3.63, 3.8) is 0 Å². The average molecular weight is 374 g/mol. The molecule has 0 aliphatic carbocycles. The first-order valence-corrected chi connectivity index (χ1v) is 7.87. The van der Waals surface area contributed by atoms with Crippen molar-refractivity contribution in [1.29, 1.82) is 0 Å². The molecule has 0 fully saturated rings. The number of methoxy groups -OCH3 is 2. The van der Waals surface area contributed by atoms with Gasteiger partial charge in [0, 0.05) is 11.1 Å². The van der Waals surface area contributed by atoms with Crippen LogP contribution in [0.15, 0.2) is 48.5 Å². The van der Waals surface area contributed by atoms with E-state index < -0.39 is 17.8 Å². The smallest absolute Gasteiger partial charge is 0.339 e. The van der Waals surface area contributed by atoms with Gasteiger partial charge in [-0.3, -0.25) is 4.79 Å². The molecule has 0 radical (unpaired) electrons. The Balaban J connectivity index is 2.26. The summed E-state index contributed by atoms with van der Waals surface area (Å²) in [5, 5.41) is 3.11. The predicted molar refractivity (Wildman–Crippen MR) is 98.2 cm³/mol. The van der Waals surface area contributed by atoms with Gasteiger partial charge in [-0.2, -0.15) is 0 Å². The quantitative estimate of drug-likeness (QED) is 0.640. The van der Waals surface area contributed by atoms with E-state index in [0.29, 0.717) is 5.02 Å². The summed E-state index contributed by atoms with van der Waals surface area (Å²) in [7, 11) is 2.46. The van der Waals surface area contributed by atoms with Crippen molar-refractivity contribution in [2.45, 2.75) is 0 Å². The first kappa shape index (κ1) is 19.2. The second-order valence-corrected chi connectivity index (χ2v) is 5.56. The van der Waals surface area contributed by atoms with E-state index >= 15 is 0 Å². The Morgan fingerprint density at radius 3 is 2.38 bits per heavy atom. The fraction of sp³-hybridized carbons (Fsp3) is 0.105. The van der Waals surface area contributed by atoms with Crippen molar-refractivity contribution in [2.75, 3.05) is 19.5 Å². The summed E-state index contributed by atoms with van der Waals surface area (Å²) in [5.41, 5.74) is 1.18. The zero-order valence-electron chi connectivity index (χ0n) is 14.1. The molecule has 0 unspecified atom stereocenters. The Labute approximate surface area is 155 Å². The molecule has 0 heterocycles. The number of amides is 1. The number of carbonyl (C=O) groups excluding carboxylic acids is 3. The zero-order valence-corrected chi connectivity index (χ0v) is 14.9. The summed E-state index contributed by atoms with van der Waals surface area (Å²) in [5.74, 6) is -1.72. The van der Waals surface area contributed by atoms with Gasteiger partial charge in [-0.1, -0.05) is 23.7 Å². The van der Waals surface area contributed by atoms with E-state index in [4.69, 9.17) is 11.6 Å². The Kier molecular flexibility index (Phi) is 6.52. The van der Waals surface area contributed by atoms with Crippen molar-refractivity contribution in [2.24, 2.45) is 0 Å². The second kappa shape index (κ2) is 8.82. The average Bonchev–Trinajstić information content (AvgIpc) is 2.65.